The molecule has 180 valence electrons. The minimum Gasteiger partial charge on any atom is -0.497 e. The van der Waals surface area contributed by atoms with Crippen molar-refractivity contribution in [2.45, 2.75) is 13.3 Å². The standard InChI is InChI=1S/C27H27N3O5/c1-16-20(10-17-11-23(33-3)27(35-5)24(12-17)34-4)19-7-6-18(32-2)13-22(19)21(16)14-26(31)30-25-15-28-8-9-29-25/h6-13,15H,14H2,1-5H3,(H,29,30,31). The molecule has 2 aromatic carbocycles. The first-order valence-electron chi connectivity index (χ1n) is 11.0. The average Bonchev–Trinajstić information content (AvgIpc) is 3.13. The topological polar surface area (TPSA) is 91.8 Å². The minimum absolute atomic E-state index is 0.176. The molecule has 8 heteroatoms. The van der Waals surface area contributed by atoms with Gasteiger partial charge in [0.05, 0.1) is 41.1 Å². The Balaban J connectivity index is 1.77. The first-order chi connectivity index (χ1) is 17.0. The molecule has 1 aromatic heterocycles. The monoisotopic (exact) mass is 473 g/mol. The Morgan fingerprint density at radius 3 is 2.29 bits per heavy atom. The highest BCUT2D eigenvalue weighted by Gasteiger charge is 2.26. The number of amides is 1. The van der Waals surface area contributed by atoms with E-state index in [4.69, 9.17) is 18.9 Å². The highest BCUT2D eigenvalue weighted by Crippen LogP contribution is 2.46. The number of methoxy groups -OCH3 is 4. The Morgan fingerprint density at radius 1 is 0.943 bits per heavy atom. The molecule has 0 radical (unpaired) electrons. The third-order valence-electron chi connectivity index (χ3n) is 5.86. The van der Waals surface area contributed by atoms with Crippen molar-refractivity contribution in [2.75, 3.05) is 33.8 Å². The third-order valence-corrected chi connectivity index (χ3v) is 5.86. The number of aromatic nitrogens is 2. The van der Waals surface area contributed by atoms with Crippen molar-refractivity contribution in [2.24, 2.45) is 0 Å². The fourth-order valence-corrected chi connectivity index (χ4v) is 4.18. The number of hydrogen-bond acceptors (Lipinski definition) is 7. The van der Waals surface area contributed by atoms with Crippen molar-refractivity contribution < 1.29 is 23.7 Å². The normalized spacial score (nSPS) is 13.5. The molecule has 1 N–H and O–H groups in total. The lowest BCUT2D eigenvalue weighted by molar-refractivity contribution is -0.115. The van der Waals surface area contributed by atoms with Crippen molar-refractivity contribution in [1.82, 2.24) is 9.97 Å². The smallest absolute Gasteiger partial charge is 0.230 e. The van der Waals surface area contributed by atoms with Gasteiger partial charge in [0.25, 0.3) is 0 Å². The van der Waals surface area contributed by atoms with Gasteiger partial charge in [0.2, 0.25) is 11.7 Å². The number of fused-ring (bicyclic) bond motifs is 1. The summed E-state index contributed by atoms with van der Waals surface area (Å²) in [6.45, 7) is 2.02. The second-order valence-electron chi connectivity index (χ2n) is 7.85. The fourth-order valence-electron chi connectivity index (χ4n) is 4.18. The van der Waals surface area contributed by atoms with Crippen molar-refractivity contribution in [3.8, 4) is 23.0 Å². The van der Waals surface area contributed by atoms with E-state index < -0.39 is 0 Å². The van der Waals surface area contributed by atoms with Gasteiger partial charge in [-0.15, -0.1) is 0 Å². The number of anilines is 1. The lowest BCUT2D eigenvalue weighted by Gasteiger charge is -2.13. The third kappa shape index (κ3) is 4.82. The molecule has 1 aliphatic rings. The van der Waals surface area contributed by atoms with E-state index in [1.807, 2.05) is 37.3 Å². The van der Waals surface area contributed by atoms with E-state index in [1.165, 1.54) is 12.4 Å². The Kier molecular flexibility index (Phi) is 7.01. The van der Waals surface area contributed by atoms with Crippen LogP contribution in [-0.4, -0.2) is 44.3 Å². The van der Waals surface area contributed by atoms with Crippen LogP contribution in [0.1, 0.15) is 30.0 Å². The van der Waals surface area contributed by atoms with Crippen LogP contribution in [-0.2, 0) is 4.79 Å². The molecule has 0 saturated heterocycles. The van der Waals surface area contributed by atoms with Gasteiger partial charge in [-0.3, -0.25) is 9.78 Å². The van der Waals surface area contributed by atoms with E-state index in [0.717, 1.165) is 39.2 Å². The highest BCUT2D eigenvalue weighted by molar-refractivity contribution is 6.10. The summed E-state index contributed by atoms with van der Waals surface area (Å²) in [4.78, 5) is 21.0. The first kappa shape index (κ1) is 23.8. The molecule has 3 aromatic rings. The summed E-state index contributed by atoms with van der Waals surface area (Å²) < 4.78 is 21.9. The van der Waals surface area contributed by atoms with Crippen LogP contribution in [0.2, 0.25) is 0 Å². The second kappa shape index (κ2) is 10.3. The van der Waals surface area contributed by atoms with E-state index >= 15 is 0 Å². The van der Waals surface area contributed by atoms with Crippen LogP contribution in [0.3, 0.4) is 0 Å². The lowest BCUT2D eigenvalue weighted by Crippen LogP contribution is -2.13. The summed E-state index contributed by atoms with van der Waals surface area (Å²) in [5.74, 6) is 2.61. The maximum atomic E-state index is 12.9. The Morgan fingerprint density at radius 2 is 1.69 bits per heavy atom. The Bertz CT molecular complexity index is 1290. The number of benzene rings is 2. The van der Waals surface area contributed by atoms with Crippen LogP contribution >= 0.6 is 0 Å². The number of rotatable bonds is 8. The molecule has 1 aliphatic carbocycles. The Labute approximate surface area is 204 Å². The molecule has 0 saturated carbocycles. The molecule has 1 heterocycles. The van der Waals surface area contributed by atoms with Gasteiger partial charge in [-0.25, -0.2) is 4.98 Å². The minimum atomic E-state index is -0.178. The van der Waals surface area contributed by atoms with Crippen molar-refractivity contribution in [1.29, 1.82) is 0 Å². The molecule has 0 unspecified atom stereocenters. The molecule has 0 bridgehead atoms. The lowest BCUT2D eigenvalue weighted by atomic mass is 10.00. The van der Waals surface area contributed by atoms with Crippen LogP contribution < -0.4 is 24.3 Å². The number of nitrogens with zero attached hydrogens (tertiary/aromatic N) is 2. The number of hydrogen-bond donors (Lipinski definition) is 1. The number of allylic oxidation sites excluding steroid dienone is 2. The molecule has 0 atom stereocenters. The molecule has 0 spiro atoms. The summed E-state index contributed by atoms with van der Waals surface area (Å²) >= 11 is 0. The van der Waals surface area contributed by atoms with Gasteiger partial charge >= 0.3 is 0 Å². The van der Waals surface area contributed by atoms with E-state index in [2.05, 4.69) is 21.4 Å². The van der Waals surface area contributed by atoms with Gasteiger partial charge in [-0.1, -0.05) is 6.07 Å². The highest BCUT2D eigenvalue weighted by atomic mass is 16.5. The first-order valence-corrected chi connectivity index (χ1v) is 11.0. The van der Waals surface area contributed by atoms with Crippen molar-refractivity contribution in [3.05, 3.63) is 71.2 Å². The largest absolute Gasteiger partial charge is 0.497 e. The zero-order valence-corrected chi connectivity index (χ0v) is 20.3. The number of nitrogens with one attached hydrogen (secondary N) is 1. The van der Waals surface area contributed by atoms with Crippen molar-refractivity contribution >= 4 is 28.9 Å². The molecule has 0 fully saturated rings. The van der Waals surface area contributed by atoms with Gasteiger partial charge in [-0.2, -0.15) is 0 Å². The van der Waals surface area contributed by atoms with E-state index in [-0.39, 0.29) is 12.3 Å². The van der Waals surface area contributed by atoms with E-state index in [1.54, 1.807) is 34.6 Å². The van der Waals surface area contributed by atoms with Crippen LogP contribution in [0.5, 0.6) is 23.0 Å². The fraction of sp³-hybridized carbons (Fsp3) is 0.222. The van der Waals surface area contributed by atoms with Gasteiger partial charge in [-0.05, 0) is 70.7 Å². The average molecular weight is 474 g/mol. The zero-order chi connectivity index (χ0) is 24.9. The molecule has 1 amide bonds. The van der Waals surface area contributed by atoms with Gasteiger partial charge in [0.1, 0.15) is 5.75 Å². The maximum Gasteiger partial charge on any atom is 0.230 e. The van der Waals surface area contributed by atoms with Gasteiger partial charge in [0, 0.05) is 12.4 Å². The predicted molar refractivity (Wildman–Crippen MR) is 135 cm³/mol. The summed E-state index contributed by atoms with van der Waals surface area (Å²) in [6, 6.07) is 9.67. The SMILES string of the molecule is COc1ccc2c(c1)C(CC(=O)Nc1cnccn1)=C(C)C2=Cc1cc(OC)c(OC)c(OC)c1. The van der Waals surface area contributed by atoms with Crippen molar-refractivity contribution in [3.63, 3.8) is 0 Å². The predicted octanol–water partition coefficient (Wildman–Crippen LogP) is 4.87. The summed E-state index contributed by atoms with van der Waals surface area (Å²) in [6.07, 6.45) is 6.84. The molecular weight excluding hydrogens is 446 g/mol. The van der Waals surface area contributed by atoms with Crippen LogP contribution in [0, 0.1) is 0 Å². The molecule has 35 heavy (non-hydrogen) atoms. The molecule has 4 rings (SSSR count). The number of carbonyl (C=O) groups is 1. The zero-order valence-electron chi connectivity index (χ0n) is 20.3. The van der Waals surface area contributed by atoms with Gasteiger partial charge < -0.3 is 24.3 Å². The number of carbonyl (C=O) groups excluding carboxylic acids is 1. The second-order valence-corrected chi connectivity index (χ2v) is 7.85. The number of ether oxygens (including phenoxy) is 4. The van der Waals surface area contributed by atoms with Crippen LogP contribution in [0.25, 0.3) is 17.2 Å². The maximum absolute atomic E-state index is 12.9. The molecular formula is C27H27N3O5. The van der Waals surface area contributed by atoms with E-state index in [9.17, 15) is 4.79 Å². The summed E-state index contributed by atoms with van der Waals surface area (Å²) in [5, 5.41) is 2.81. The molecule has 8 nitrogen and oxygen atoms in total. The van der Waals surface area contributed by atoms with Crippen LogP contribution in [0.15, 0.2) is 54.5 Å². The Hall–Kier alpha value is -4.33. The summed E-state index contributed by atoms with van der Waals surface area (Å²) in [7, 11) is 6.37. The van der Waals surface area contributed by atoms with Crippen LogP contribution in [0.4, 0.5) is 5.82 Å². The quantitative estimate of drug-likeness (QED) is 0.499. The molecule has 0 aliphatic heterocycles. The van der Waals surface area contributed by atoms with E-state index in [0.29, 0.717) is 23.1 Å². The summed E-state index contributed by atoms with van der Waals surface area (Å²) in [5.41, 5.74) is 5.75. The van der Waals surface area contributed by atoms with Gasteiger partial charge in [0.15, 0.2) is 17.3 Å².